The maximum absolute atomic E-state index is 13.3. The Balaban J connectivity index is 2.16. The van der Waals surface area contributed by atoms with Gasteiger partial charge in [-0.15, -0.1) is 0 Å². The molecule has 1 unspecified atom stereocenters. The summed E-state index contributed by atoms with van der Waals surface area (Å²) in [4.78, 5) is 40.9. The van der Waals surface area contributed by atoms with Crippen molar-refractivity contribution in [3.8, 4) is 0 Å². The Morgan fingerprint density at radius 1 is 1.47 bits per heavy atom. The summed E-state index contributed by atoms with van der Waals surface area (Å²) in [5.41, 5.74) is -2.31. The normalized spacial score (nSPS) is 21.3. The first kappa shape index (κ1) is 21.6. The molecule has 3 rings (SSSR count). The number of halogens is 3. The van der Waals surface area contributed by atoms with Crippen molar-refractivity contribution in [3.05, 3.63) is 44.6 Å². The highest BCUT2D eigenvalue weighted by atomic mass is 19.4. The van der Waals surface area contributed by atoms with Crippen molar-refractivity contribution in [2.24, 2.45) is 5.10 Å². The Kier molecular flexibility index (Phi) is 5.23. The Morgan fingerprint density at radius 2 is 2.13 bits per heavy atom. The second-order valence-electron chi connectivity index (χ2n) is 7.11. The fraction of sp³-hybridized carbons (Fsp3) is 0.444. The third-order valence-electron chi connectivity index (χ3n) is 5.20. The third kappa shape index (κ3) is 3.36. The SMILES string of the molecule is C=NN(/C=C(\C)N1C(=O)c2c([nH]c(=O)c(C(=O)O)c2C)C12CCOC2)CC(F)(F)F. The fourth-order valence-corrected chi connectivity index (χ4v) is 4.03. The number of aromatic nitrogens is 1. The van der Waals surface area contributed by atoms with Crippen LogP contribution in [0.3, 0.4) is 0 Å². The van der Waals surface area contributed by atoms with Gasteiger partial charge in [-0.3, -0.25) is 19.5 Å². The van der Waals surface area contributed by atoms with Crippen LogP contribution in [-0.4, -0.2) is 64.5 Å². The summed E-state index contributed by atoms with van der Waals surface area (Å²) in [6.45, 7) is 4.70. The predicted molar refractivity (Wildman–Crippen MR) is 98.1 cm³/mol. The minimum Gasteiger partial charge on any atom is -0.477 e. The van der Waals surface area contributed by atoms with Crippen LogP contribution in [0, 0.1) is 6.92 Å². The van der Waals surface area contributed by atoms with E-state index in [2.05, 4.69) is 16.8 Å². The number of pyridine rings is 1. The van der Waals surface area contributed by atoms with E-state index in [1.807, 2.05) is 0 Å². The molecule has 2 aliphatic heterocycles. The number of hydrazone groups is 1. The summed E-state index contributed by atoms with van der Waals surface area (Å²) < 4.78 is 43.8. The Bertz CT molecular complexity index is 1010. The fourth-order valence-electron chi connectivity index (χ4n) is 4.03. The third-order valence-corrected chi connectivity index (χ3v) is 5.20. The maximum Gasteiger partial charge on any atom is 0.408 e. The first-order chi connectivity index (χ1) is 13.9. The van der Waals surface area contributed by atoms with Crippen LogP contribution in [0.2, 0.25) is 0 Å². The number of alkyl halides is 3. The van der Waals surface area contributed by atoms with Crippen LogP contribution >= 0.6 is 0 Å². The Labute approximate surface area is 168 Å². The van der Waals surface area contributed by atoms with Crippen molar-refractivity contribution in [2.75, 3.05) is 19.8 Å². The summed E-state index contributed by atoms with van der Waals surface area (Å²) in [7, 11) is 0. The first-order valence-electron chi connectivity index (χ1n) is 8.84. The number of nitrogens with zero attached hydrogens (tertiary/aromatic N) is 3. The molecule has 1 fully saturated rings. The summed E-state index contributed by atoms with van der Waals surface area (Å²) in [6, 6.07) is 0. The molecule has 3 heterocycles. The number of fused-ring (bicyclic) bond motifs is 2. The van der Waals surface area contributed by atoms with Gasteiger partial charge in [-0.25, -0.2) is 4.79 Å². The molecular formula is C18H19F3N4O5. The van der Waals surface area contributed by atoms with Crippen molar-refractivity contribution in [1.29, 1.82) is 0 Å². The molecule has 162 valence electrons. The average molecular weight is 428 g/mol. The number of carbonyl (C=O) groups is 2. The van der Waals surface area contributed by atoms with Crippen LogP contribution < -0.4 is 5.56 Å². The molecule has 1 aromatic rings. The molecule has 0 aromatic carbocycles. The van der Waals surface area contributed by atoms with E-state index < -0.39 is 41.3 Å². The van der Waals surface area contributed by atoms with Crippen LogP contribution in [0.25, 0.3) is 0 Å². The van der Waals surface area contributed by atoms with E-state index in [0.717, 1.165) is 6.20 Å². The van der Waals surface area contributed by atoms with E-state index in [-0.39, 0.29) is 42.2 Å². The van der Waals surface area contributed by atoms with Crippen molar-refractivity contribution >= 4 is 18.6 Å². The van der Waals surface area contributed by atoms with Gasteiger partial charge in [-0.05, 0) is 19.4 Å². The van der Waals surface area contributed by atoms with Crippen molar-refractivity contribution in [3.63, 3.8) is 0 Å². The van der Waals surface area contributed by atoms with Gasteiger partial charge in [0.2, 0.25) is 0 Å². The highest BCUT2D eigenvalue weighted by Gasteiger charge is 2.55. The number of hydrogen-bond acceptors (Lipinski definition) is 6. The zero-order valence-corrected chi connectivity index (χ0v) is 16.2. The number of carbonyl (C=O) groups excluding carboxylic acids is 1. The van der Waals surface area contributed by atoms with E-state index in [4.69, 9.17) is 4.74 Å². The number of ether oxygens (including phenoxy) is 1. The van der Waals surface area contributed by atoms with Gasteiger partial charge in [0, 0.05) is 31.6 Å². The second kappa shape index (κ2) is 7.27. The molecule has 2 N–H and O–H groups in total. The van der Waals surface area contributed by atoms with E-state index in [0.29, 0.717) is 5.01 Å². The molecule has 1 atom stereocenters. The smallest absolute Gasteiger partial charge is 0.408 e. The number of H-pyrrole nitrogens is 1. The Hall–Kier alpha value is -3.15. The van der Waals surface area contributed by atoms with E-state index in [9.17, 15) is 32.7 Å². The number of aromatic carboxylic acids is 1. The number of hydrogen-bond donors (Lipinski definition) is 2. The minimum absolute atomic E-state index is 0.000756. The summed E-state index contributed by atoms with van der Waals surface area (Å²) in [5.74, 6) is -2.13. The molecule has 1 aromatic heterocycles. The topological polar surface area (TPSA) is 115 Å². The zero-order valence-electron chi connectivity index (χ0n) is 16.2. The summed E-state index contributed by atoms with van der Waals surface area (Å²) >= 11 is 0. The molecule has 9 nitrogen and oxygen atoms in total. The number of nitrogens with one attached hydrogen (secondary N) is 1. The maximum atomic E-state index is 13.3. The molecule has 1 spiro atoms. The largest absolute Gasteiger partial charge is 0.477 e. The number of aromatic amines is 1. The molecule has 1 amide bonds. The van der Waals surface area contributed by atoms with Crippen LogP contribution in [0.15, 0.2) is 21.8 Å². The van der Waals surface area contributed by atoms with E-state index >= 15 is 0 Å². The van der Waals surface area contributed by atoms with Crippen molar-refractivity contribution in [2.45, 2.75) is 32.0 Å². The van der Waals surface area contributed by atoms with Crippen LogP contribution in [-0.2, 0) is 10.3 Å². The average Bonchev–Trinajstić information content (AvgIpc) is 3.17. The standard InChI is InChI=1S/C18H19F3N4O5/c1-9(6-24(22-3)7-18(19,20)21)25-15(27)11-10(2)12(16(28)29)14(26)23-13(11)17(25)4-5-30-8-17/h6H,3-5,7-8H2,1-2H3,(H,23,26)(H,28,29)/b9-6+. The molecule has 12 heteroatoms. The minimum atomic E-state index is -4.55. The highest BCUT2D eigenvalue weighted by molar-refractivity contribution is 6.04. The lowest BCUT2D eigenvalue weighted by atomic mass is 9.91. The van der Waals surface area contributed by atoms with Gasteiger partial charge in [0.15, 0.2) is 0 Å². The first-order valence-corrected chi connectivity index (χ1v) is 8.84. The number of carboxylic acids is 1. The van der Waals surface area contributed by atoms with Crippen LogP contribution in [0.4, 0.5) is 13.2 Å². The van der Waals surface area contributed by atoms with Gasteiger partial charge in [0.05, 0.1) is 17.9 Å². The van der Waals surface area contributed by atoms with Gasteiger partial charge in [0.25, 0.3) is 11.5 Å². The van der Waals surface area contributed by atoms with Crippen LogP contribution in [0.5, 0.6) is 0 Å². The van der Waals surface area contributed by atoms with E-state index in [1.54, 1.807) is 0 Å². The molecule has 0 radical (unpaired) electrons. The predicted octanol–water partition coefficient (Wildman–Crippen LogP) is 1.79. The van der Waals surface area contributed by atoms with Gasteiger partial charge >= 0.3 is 12.1 Å². The number of allylic oxidation sites excluding steroid dienone is 1. The molecule has 0 bridgehead atoms. The lowest BCUT2D eigenvalue weighted by Gasteiger charge is -2.35. The van der Waals surface area contributed by atoms with Gasteiger partial charge in [-0.2, -0.15) is 18.3 Å². The number of carboxylic acid groups (broad SMARTS) is 1. The molecule has 0 saturated carbocycles. The second-order valence-corrected chi connectivity index (χ2v) is 7.11. The number of amides is 1. The summed E-state index contributed by atoms with van der Waals surface area (Å²) in [5, 5.41) is 13.2. The monoisotopic (exact) mass is 428 g/mol. The molecule has 30 heavy (non-hydrogen) atoms. The van der Waals surface area contributed by atoms with Crippen LogP contribution in [0.1, 0.15) is 45.3 Å². The summed E-state index contributed by atoms with van der Waals surface area (Å²) in [6.07, 6.45) is -3.27. The molecule has 2 aliphatic rings. The number of rotatable bonds is 5. The Morgan fingerprint density at radius 3 is 2.63 bits per heavy atom. The van der Waals surface area contributed by atoms with Crippen molar-refractivity contribution < 1.29 is 32.6 Å². The highest BCUT2D eigenvalue weighted by Crippen LogP contribution is 2.46. The van der Waals surface area contributed by atoms with Gasteiger partial charge < -0.3 is 14.8 Å². The zero-order chi connectivity index (χ0) is 22.4. The quantitative estimate of drug-likeness (QED) is 0.546. The lowest BCUT2D eigenvalue weighted by Crippen LogP contribution is -2.44. The molecule has 1 saturated heterocycles. The van der Waals surface area contributed by atoms with Crippen molar-refractivity contribution in [1.82, 2.24) is 14.9 Å². The molecule has 0 aliphatic carbocycles. The van der Waals surface area contributed by atoms with E-state index in [1.165, 1.54) is 18.7 Å². The van der Waals surface area contributed by atoms with Gasteiger partial charge in [-0.1, -0.05) is 0 Å². The molecular weight excluding hydrogens is 409 g/mol. The van der Waals surface area contributed by atoms with Gasteiger partial charge in [0.1, 0.15) is 17.6 Å². The lowest BCUT2D eigenvalue weighted by molar-refractivity contribution is -0.140.